The molecular formula is C22H28N2O3. The van der Waals surface area contributed by atoms with Crippen LogP contribution in [0.1, 0.15) is 47.8 Å². The Morgan fingerprint density at radius 2 is 1.85 bits per heavy atom. The Kier molecular flexibility index (Phi) is 6.32. The van der Waals surface area contributed by atoms with Gasteiger partial charge in [-0.3, -0.25) is 9.59 Å². The van der Waals surface area contributed by atoms with Gasteiger partial charge in [-0.1, -0.05) is 12.1 Å². The minimum Gasteiger partial charge on any atom is -0.494 e. The lowest BCUT2D eigenvalue weighted by Crippen LogP contribution is -2.40. The van der Waals surface area contributed by atoms with Gasteiger partial charge in [-0.2, -0.15) is 0 Å². The van der Waals surface area contributed by atoms with E-state index in [1.807, 2.05) is 30.9 Å². The summed E-state index contributed by atoms with van der Waals surface area (Å²) in [5, 5.41) is 0. The molecule has 2 heterocycles. The lowest BCUT2D eigenvalue weighted by molar-refractivity contribution is 0.0685. The van der Waals surface area contributed by atoms with Crippen molar-refractivity contribution in [2.24, 2.45) is 5.92 Å². The second-order valence-electron chi connectivity index (χ2n) is 7.24. The summed E-state index contributed by atoms with van der Waals surface area (Å²) in [6, 6.07) is 11.7. The largest absolute Gasteiger partial charge is 0.494 e. The number of H-pyrrole nitrogens is 1. The first-order chi connectivity index (χ1) is 13.1. The minimum absolute atomic E-state index is 0.152. The number of carbonyl (C=O) groups is 1. The zero-order valence-electron chi connectivity index (χ0n) is 16.2. The maximum atomic E-state index is 12.6. The lowest BCUT2D eigenvalue weighted by Gasteiger charge is -2.32. The molecule has 1 aliphatic rings. The van der Waals surface area contributed by atoms with Gasteiger partial charge >= 0.3 is 0 Å². The number of aromatic amines is 1. The molecule has 1 saturated heterocycles. The molecule has 1 amide bonds. The van der Waals surface area contributed by atoms with Gasteiger partial charge in [0.1, 0.15) is 11.3 Å². The van der Waals surface area contributed by atoms with Crippen molar-refractivity contribution < 1.29 is 9.53 Å². The van der Waals surface area contributed by atoms with Gasteiger partial charge in [-0.05, 0) is 75.3 Å². The number of ether oxygens (including phenoxy) is 1. The molecule has 1 N–H and O–H groups in total. The summed E-state index contributed by atoms with van der Waals surface area (Å²) in [4.78, 5) is 29.1. The van der Waals surface area contributed by atoms with Gasteiger partial charge < -0.3 is 14.6 Å². The molecule has 1 aromatic carbocycles. The monoisotopic (exact) mass is 368 g/mol. The number of aromatic nitrogens is 1. The molecule has 0 aliphatic carbocycles. The van der Waals surface area contributed by atoms with E-state index in [4.69, 9.17) is 4.74 Å². The van der Waals surface area contributed by atoms with Gasteiger partial charge in [0.15, 0.2) is 0 Å². The molecule has 0 atom stereocenters. The summed E-state index contributed by atoms with van der Waals surface area (Å²) >= 11 is 0. The molecule has 1 fully saturated rings. The Morgan fingerprint density at radius 3 is 2.48 bits per heavy atom. The van der Waals surface area contributed by atoms with Crippen LogP contribution in [0.15, 0.2) is 41.2 Å². The van der Waals surface area contributed by atoms with Crippen LogP contribution in [0.4, 0.5) is 0 Å². The number of amides is 1. The van der Waals surface area contributed by atoms with E-state index in [9.17, 15) is 9.59 Å². The van der Waals surface area contributed by atoms with Gasteiger partial charge in [0, 0.05) is 18.8 Å². The van der Waals surface area contributed by atoms with Gasteiger partial charge in [-0.25, -0.2) is 0 Å². The van der Waals surface area contributed by atoms with Crippen molar-refractivity contribution in [2.75, 3.05) is 19.7 Å². The SMILES string of the molecule is CCOc1ccc(CCC2CCN(C(=O)c3ccc(C)[nH]c3=O)CC2)cc1. The van der Waals surface area contributed by atoms with Crippen LogP contribution in [0, 0.1) is 12.8 Å². The molecule has 5 nitrogen and oxygen atoms in total. The fourth-order valence-electron chi connectivity index (χ4n) is 3.63. The number of carbonyl (C=O) groups excluding carboxylic acids is 1. The third-order valence-corrected chi connectivity index (χ3v) is 5.26. The molecule has 0 saturated carbocycles. The van der Waals surface area contributed by atoms with E-state index in [0.29, 0.717) is 12.5 Å². The number of rotatable bonds is 6. The van der Waals surface area contributed by atoms with E-state index in [0.717, 1.165) is 50.2 Å². The molecule has 3 rings (SSSR count). The van der Waals surface area contributed by atoms with E-state index >= 15 is 0 Å². The molecule has 0 spiro atoms. The van der Waals surface area contributed by atoms with E-state index in [-0.39, 0.29) is 17.0 Å². The summed E-state index contributed by atoms with van der Waals surface area (Å²) < 4.78 is 5.48. The summed E-state index contributed by atoms with van der Waals surface area (Å²) in [6.07, 6.45) is 4.16. The lowest BCUT2D eigenvalue weighted by atomic mass is 9.90. The molecule has 2 aromatic rings. The fraction of sp³-hybridized carbons (Fsp3) is 0.455. The highest BCUT2D eigenvalue weighted by molar-refractivity contribution is 5.93. The summed E-state index contributed by atoms with van der Waals surface area (Å²) in [6.45, 7) is 5.93. The second-order valence-corrected chi connectivity index (χ2v) is 7.24. The van der Waals surface area contributed by atoms with Crippen LogP contribution in [0.3, 0.4) is 0 Å². The van der Waals surface area contributed by atoms with Gasteiger partial charge in [-0.15, -0.1) is 0 Å². The quantitative estimate of drug-likeness (QED) is 0.848. The number of hydrogen-bond acceptors (Lipinski definition) is 3. The van der Waals surface area contributed by atoms with Crippen molar-refractivity contribution in [1.29, 1.82) is 0 Å². The van der Waals surface area contributed by atoms with Crippen LogP contribution in [-0.2, 0) is 6.42 Å². The van der Waals surface area contributed by atoms with Crippen molar-refractivity contribution >= 4 is 5.91 Å². The Hall–Kier alpha value is -2.56. The second kappa shape index (κ2) is 8.89. The molecule has 1 aromatic heterocycles. The predicted molar refractivity (Wildman–Crippen MR) is 106 cm³/mol. The number of likely N-dealkylation sites (tertiary alicyclic amines) is 1. The van der Waals surface area contributed by atoms with E-state index in [1.54, 1.807) is 12.1 Å². The highest BCUT2D eigenvalue weighted by atomic mass is 16.5. The average Bonchev–Trinajstić information content (AvgIpc) is 2.68. The highest BCUT2D eigenvalue weighted by Crippen LogP contribution is 2.24. The topological polar surface area (TPSA) is 62.4 Å². The first-order valence-electron chi connectivity index (χ1n) is 9.77. The first-order valence-corrected chi connectivity index (χ1v) is 9.77. The number of hydrogen-bond donors (Lipinski definition) is 1. The smallest absolute Gasteiger partial charge is 0.260 e. The van der Waals surface area contributed by atoms with Crippen molar-refractivity contribution in [3.05, 3.63) is 63.6 Å². The number of benzene rings is 1. The van der Waals surface area contributed by atoms with Crippen LogP contribution in [0.5, 0.6) is 5.75 Å². The van der Waals surface area contributed by atoms with Crippen molar-refractivity contribution in [3.8, 4) is 5.75 Å². The minimum atomic E-state index is -0.294. The van der Waals surface area contributed by atoms with Gasteiger partial charge in [0.2, 0.25) is 0 Å². The summed E-state index contributed by atoms with van der Waals surface area (Å²) in [5.74, 6) is 1.39. The maximum Gasteiger partial charge on any atom is 0.260 e. The zero-order valence-corrected chi connectivity index (χ0v) is 16.2. The number of pyridine rings is 1. The van der Waals surface area contributed by atoms with Crippen LogP contribution in [-0.4, -0.2) is 35.5 Å². The highest BCUT2D eigenvalue weighted by Gasteiger charge is 2.24. The standard InChI is InChI=1S/C22H28N2O3/c1-3-27-19-9-7-17(8-10-19)5-6-18-12-14-24(15-13-18)22(26)20-11-4-16(2)23-21(20)25/h4,7-11,18H,3,5-6,12-15H2,1-2H3,(H,23,25). The average molecular weight is 368 g/mol. The Labute approximate surface area is 160 Å². The molecule has 0 bridgehead atoms. The van der Waals surface area contributed by atoms with Crippen LogP contribution in [0.25, 0.3) is 0 Å². The van der Waals surface area contributed by atoms with Crippen LogP contribution >= 0.6 is 0 Å². The van der Waals surface area contributed by atoms with Crippen LogP contribution in [0.2, 0.25) is 0 Å². The Morgan fingerprint density at radius 1 is 1.15 bits per heavy atom. The predicted octanol–water partition coefficient (Wildman–Crippen LogP) is 3.57. The van der Waals surface area contributed by atoms with E-state index in [2.05, 4.69) is 17.1 Å². The van der Waals surface area contributed by atoms with E-state index < -0.39 is 0 Å². The molecule has 144 valence electrons. The summed E-state index contributed by atoms with van der Waals surface area (Å²) in [5.41, 5.74) is 2.04. The normalized spacial score (nSPS) is 15.0. The number of piperidine rings is 1. The third-order valence-electron chi connectivity index (χ3n) is 5.26. The van der Waals surface area contributed by atoms with Crippen molar-refractivity contribution in [1.82, 2.24) is 9.88 Å². The molecule has 5 heteroatoms. The summed E-state index contributed by atoms with van der Waals surface area (Å²) in [7, 11) is 0. The molecule has 0 radical (unpaired) electrons. The van der Waals surface area contributed by atoms with Crippen molar-refractivity contribution in [2.45, 2.75) is 39.5 Å². The first kappa shape index (κ1) is 19.2. The molecular weight excluding hydrogens is 340 g/mol. The number of nitrogens with zero attached hydrogens (tertiary/aromatic N) is 1. The maximum absolute atomic E-state index is 12.6. The van der Waals surface area contributed by atoms with Crippen molar-refractivity contribution in [3.63, 3.8) is 0 Å². The van der Waals surface area contributed by atoms with Gasteiger partial charge in [0.05, 0.1) is 6.61 Å². The zero-order chi connectivity index (χ0) is 19.2. The van der Waals surface area contributed by atoms with Crippen LogP contribution < -0.4 is 10.3 Å². The fourth-order valence-corrected chi connectivity index (χ4v) is 3.63. The number of nitrogens with one attached hydrogen (secondary N) is 1. The number of aryl methyl sites for hydroxylation is 2. The Bertz CT molecular complexity index is 818. The molecule has 27 heavy (non-hydrogen) atoms. The van der Waals surface area contributed by atoms with E-state index in [1.165, 1.54) is 5.56 Å². The van der Waals surface area contributed by atoms with Gasteiger partial charge in [0.25, 0.3) is 11.5 Å². The molecule has 0 unspecified atom stereocenters. The molecule has 1 aliphatic heterocycles. The third kappa shape index (κ3) is 5.00. The Balaban J connectivity index is 1.48.